The first kappa shape index (κ1) is 30.3. The summed E-state index contributed by atoms with van der Waals surface area (Å²) >= 11 is 0. The number of primary amides is 1. The van der Waals surface area contributed by atoms with Crippen molar-refractivity contribution in [1.82, 2.24) is 4.90 Å². The van der Waals surface area contributed by atoms with E-state index in [4.69, 9.17) is 10.5 Å². The molecule has 1 heterocycles. The van der Waals surface area contributed by atoms with Gasteiger partial charge in [-0.25, -0.2) is 4.99 Å². The number of nitrogens with two attached hydrogens (primary N) is 1. The van der Waals surface area contributed by atoms with E-state index in [1.165, 1.54) is 6.92 Å². The van der Waals surface area contributed by atoms with E-state index >= 15 is 0 Å². The molecule has 0 saturated carbocycles. The summed E-state index contributed by atoms with van der Waals surface area (Å²) in [5.41, 5.74) is 1.97. The Morgan fingerprint density at radius 2 is 1.69 bits per heavy atom. The highest BCUT2D eigenvalue weighted by Crippen LogP contribution is 2.42. The van der Waals surface area contributed by atoms with Gasteiger partial charge in [-0.2, -0.15) is 26.3 Å². The first-order valence-corrected chi connectivity index (χ1v) is 12.1. The molecule has 1 fully saturated rings. The second-order valence-electron chi connectivity index (χ2n) is 9.70. The number of amides is 2. The van der Waals surface area contributed by atoms with Gasteiger partial charge in [-0.1, -0.05) is 30.3 Å². The van der Waals surface area contributed by atoms with Crippen molar-refractivity contribution in [3.63, 3.8) is 0 Å². The molecule has 39 heavy (non-hydrogen) atoms. The van der Waals surface area contributed by atoms with E-state index < -0.39 is 46.9 Å². The van der Waals surface area contributed by atoms with Crippen molar-refractivity contribution < 1.29 is 40.7 Å². The zero-order valence-corrected chi connectivity index (χ0v) is 21.2. The van der Waals surface area contributed by atoms with Crippen LogP contribution in [0.1, 0.15) is 54.5 Å². The summed E-state index contributed by atoms with van der Waals surface area (Å²) in [6.07, 6.45) is -10.2. The molecule has 3 rings (SSSR count). The second kappa shape index (κ2) is 11.9. The minimum Gasteiger partial charge on any atom is -0.372 e. The molecule has 0 radical (unpaired) electrons. The van der Waals surface area contributed by atoms with Gasteiger partial charge >= 0.3 is 12.4 Å². The lowest BCUT2D eigenvalue weighted by atomic mass is 9.76. The molecule has 2 N–H and O–H groups in total. The quantitative estimate of drug-likeness (QED) is 0.326. The number of hydrogen-bond donors (Lipinski definition) is 1. The van der Waals surface area contributed by atoms with Crippen LogP contribution >= 0.6 is 0 Å². The average molecular weight is 558 g/mol. The lowest BCUT2D eigenvalue weighted by Crippen LogP contribution is -2.56. The topological polar surface area (TPSA) is 85.0 Å². The van der Waals surface area contributed by atoms with Crippen LogP contribution < -0.4 is 5.73 Å². The van der Waals surface area contributed by atoms with E-state index in [9.17, 15) is 35.9 Å². The molecule has 6 nitrogen and oxygen atoms in total. The van der Waals surface area contributed by atoms with E-state index in [1.54, 1.807) is 35.2 Å². The fraction of sp³-hybridized carbons (Fsp3) is 0.444. The largest absolute Gasteiger partial charge is 0.416 e. The average Bonchev–Trinajstić information content (AvgIpc) is 2.87. The Balaban J connectivity index is 1.99. The van der Waals surface area contributed by atoms with Crippen molar-refractivity contribution in [1.29, 1.82) is 0 Å². The Morgan fingerprint density at radius 1 is 1.10 bits per heavy atom. The maximum atomic E-state index is 13.4. The normalized spacial score (nSPS) is 21.4. The highest BCUT2D eigenvalue weighted by molar-refractivity contribution is 5.82. The number of benzene rings is 2. The SMILES string of the molecule is C=NC(=O)CN1C[C@@H](CC(N)=O)CC[C@@]1(CO[C@H](C)c1cc(C(F)(F)F)cc(C(F)(F)F)c1)c1ccccc1. The molecule has 2 aromatic carbocycles. The Labute approximate surface area is 221 Å². The number of aliphatic imine (C=N–C) groups is 1. The van der Waals surface area contributed by atoms with E-state index in [0.717, 1.165) is 5.56 Å². The minimum absolute atomic E-state index is 0.0668. The van der Waals surface area contributed by atoms with Gasteiger partial charge in [-0.3, -0.25) is 14.5 Å². The van der Waals surface area contributed by atoms with Gasteiger partial charge in [0.15, 0.2) is 0 Å². The van der Waals surface area contributed by atoms with E-state index in [0.29, 0.717) is 25.0 Å². The van der Waals surface area contributed by atoms with Crippen LogP contribution in [0, 0.1) is 5.92 Å². The predicted octanol–water partition coefficient (Wildman–Crippen LogP) is 5.51. The minimum atomic E-state index is -4.99. The molecule has 212 valence electrons. The highest BCUT2D eigenvalue weighted by atomic mass is 19.4. The third-order valence-corrected chi connectivity index (χ3v) is 7.01. The van der Waals surface area contributed by atoms with Crippen molar-refractivity contribution >= 4 is 18.5 Å². The fourth-order valence-corrected chi connectivity index (χ4v) is 4.95. The molecule has 2 amide bonds. The summed E-state index contributed by atoms with van der Waals surface area (Å²) in [5.74, 6) is -1.22. The number of ether oxygens (including phenoxy) is 1. The summed E-state index contributed by atoms with van der Waals surface area (Å²) in [5, 5.41) is 0. The van der Waals surface area contributed by atoms with Crippen LogP contribution in [0.15, 0.2) is 53.5 Å². The number of piperidine rings is 1. The maximum absolute atomic E-state index is 13.4. The molecule has 3 atom stereocenters. The van der Waals surface area contributed by atoms with Crippen molar-refractivity contribution in [2.75, 3.05) is 19.7 Å². The number of carbonyl (C=O) groups is 2. The maximum Gasteiger partial charge on any atom is 0.416 e. The van der Waals surface area contributed by atoms with Crippen LogP contribution in [0.5, 0.6) is 0 Å². The smallest absolute Gasteiger partial charge is 0.372 e. The number of nitrogens with zero attached hydrogens (tertiary/aromatic N) is 2. The first-order valence-electron chi connectivity index (χ1n) is 12.1. The van der Waals surface area contributed by atoms with Gasteiger partial charge < -0.3 is 10.5 Å². The van der Waals surface area contributed by atoms with Crippen LogP contribution in [-0.2, 0) is 32.2 Å². The molecule has 12 heteroatoms. The van der Waals surface area contributed by atoms with Crippen LogP contribution in [0.2, 0.25) is 0 Å². The van der Waals surface area contributed by atoms with E-state index in [1.807, 2.05) is 0 Å². The summed E-state index contributed by atoms with van der Waals surface area (Å²) in [7, 11) is 0. The molecule has 0 unspecified atom stereocenters. The number of carbonyl (C=O) groups excluding carboxylic acids is 2. The molecule has 1 aliphatic rings. The molecule has 0 bridgehead atoms. The Bertz CT molecular complexity index is 1150. The Hall–Kier alpha value is -3.25. The summed E-state index contributed by atoms with van der Waals surface area (Å²) < 4.78 is 86.4. The van der Waals surface area contributed by atoms with E-state index in [-0.39, 0.29) is 43.7 Å². The molecular formula is C27H29F6N3O3. The van der Waals surface area contributed by atoms with Crippen molar-refractivity contribution in [2.45, 2.75) is 50.2 Å². The molecule has 1 saturated heterocycles. The zero-order valence-electron chi connectivity index (χ0n) is 21.2. The van der Waals surface area contributed by atoms with Gasteiger partial charge in [0.25, 0.3) is 5.91 Å². The standard InChI is InChI=1S/C27H29F6N3O3/c1-17(19-11-21(26(28,29)30)13-22(12-19)27(31,32)33)39-16-25(20-6-4-3-5-7-20)9-8-18(10-23(34)37)14-36(25)15-24(38)35-2/h3-7,11-13,17-18H,2,8-10,14-16H2,1H3,(H2,34,37)/t17-,18-,25-/m1/s1. The molecule has 0 spiro atoms. The van der Waals surface area contributed by atoms with Gasteiger partial charge in [-0.05, 0) is 61.7 Å². The summed E-state index contributed by atoms with van der Waals surface area (Å²) in [6.45, 7) is 4.55. The second-order valence-corrected chi connectivity index (χ2v) is 9.70. The lowest BCUT2D eigenvalue weighted by Gasteiger charge is -2.49. The number of likely N-dealkylation sites (tertiary alicyclic amines) is 1. The van der Waals surface area contributed by atoms with Gasteiger partial charge in [0.2, 0.25) is 5.91 Å². The third kappa shape index (κ3) is 7.45. The van der Waals surface area contributed by atoms with E-state index in [2.05, 4.69) is 11.7 Å². The number of hydrogen-bond acceptors (Lipinski definition) is 4. The monoisotopic (exact) mass is 557 g/mol. The van der Waals surface area contributed by atoms with Crippen molar-refractivity contribution in [3.8, 4) is 0 Å². The van der Waals surface area contributed by atoms with Crippen LogP contribution in [0.3, 0.4) is 0 Å². The summed E-state index contributed by atoms with van der Waals surface area (Å²) in [6, 6.07) is 10.3. The van der Waals surface area contributed by atoms with Gasteiger partial charge in [0.1, 0.15) is 0 Å². The van der Waals surface area contributed by atoms with Gasteiger partial charge in [0, 0.05) is 13.0 Å². The molecule has 1 aliphatic heterocycles. The van der Waals surface area contributed by atoms with Crippen LogP contribution in [0.25, 0.3) is 0 Å². The molecule has 2 aromatic rings. The Morgan fingerprint density at radius 3 is 2.21 bits per heavy atom. The summed E-state index contributed by atoms with van der Waals surface area (Å²) in [4.78, 5) is 29.1. The zero-order chi connectivity index (χ0) is 29.0. The van der Waals surface area contributed by atoms with Gasteiger partial charge in [-0.15, -0.1) is 0 Å². The molecule has 0 aromatic heterocycles. The van der Waals surface area contributed by atoms with Crippen molar-refractivity contribution in [3.05, 3.63) is 70.8 Å². The number of alkyl halides is 6. The van der Waals surface area contributed by atoms with Crippen LogP contribution in [-0.4, -0.2) is 43.1 Å². The number of rotatable bonds is 9. The fourth-order valence-electron chi connectivity index (χ4n) is 4.95. The predicted molar refractivity (Wildman–Crippen MR) is 132 cm³/mol. The van der Waals surface area contributed by atoms with Gasteiger partial charge in [0.05, 0.1) is 35.9 Å². The first-order chi connectivity index (χ1) is 18.2. The number of halogens is 6. The molecular weight excluding hydrogens is 528 g/mol. The van der Waals surface area contributed by atoms with Crippen LogP contribution in [0.4, 0.5) is 26.3 Å². The lowest BCUT2D eigenvalue weighted by molar-refractivity contribution is -0.143. The highest BCUT2D eigenvalue weighted by Gasteiger charge is 2.45. The third-order valence-electron chi connectivity index (χ3n) is 7.01. The molecule has 0 aliphatic carbocycles. The Kier molecular flexibility index (Phi) is 9.22. The van der Waals surface area contributed by atoms with Crippen molar-refractivity contribution in [2.24, 2.45) is 16.6 Å².